The van der Waals surface area contributed by atoms with Crippen LogP contribution < -0.4 is 29.1 Å². The van der Waals surface area contributed by atoms with Gasteiger partial charge in [-0.25, -0.2) is 10.2 Å². The van der Waals surface area contributed by atoms with Crippen LogP contribution in [0.15, 0.2) is 65.8 Å². The number of hydrogen-bond acceptors (Lipinski definition) is 8. The molecule has 0 radical (unpaired) electrons. The van der Waals surface area contributed by atoms with E-state index in [1.165, 1.54) is 6.21 Å². The van der Waals surface area contributed by atoms with Gasteiger partial charge < -0.3 is 23.7 Å². The van der Waals surface area contributed by atoms with E-state index >= 15 is 0 Å². The zero-order valence-electron chi connectivity index (χ0n) is 17.3. The van der Waals surface area contributed by atoms with Crippen LogP contribution in [-0.2, 0) is 0 Å². The molecule has 9 heteroatoms. The molecule has 3 aromatic rings. The van der Waals surface area contributed by atoms with Crippen molar-refractivity contribution < 1.29 is 33.3 Å². The van der Waals surface area contributed by atoms with Crippen molar-refractivity contribution in [3.63, 3.8) is 0 Å². The largest absolute Gasteiger partial charge is 0.486 e. The summed E-state index contributed by atoms with van der Waals surface area (Å²) in [5.74, 6) is 1.73. The summed E-state index contributed by atoms with van der Waals surface area (Å²) in [7, 11) is 0. The topological polar surface area (TPSA) is 105 Å². The molecule has 0 aliphatic carbocycles. The Morgan fingerprint density at radius 2 is 1.42 bits per heavy atom. The van der Waals surface area contributed by atoms with Gasteiger partial charge in [0.05, 0.1) is 11.8 Å². The smallest absolute Gasteiger partial charge is 0.343 e. The van der Waals surface area contributed by atoms with Gasteiger partial charge in [-0.15, -0.1) is 0 Å². The number of amides is 1. The third kappa shape index (κ3) is 4.57. The highest BCUT2D eigenvalue weighted by atomic mass is 16.7. The fraction of sp³-hybridized carbons (Fsp3) is 0.125. The van der Waals surface area contributed by atoms with Gasteiger partial charge >= 0.3 is 5.97 Å². The Labute approximate surface area is 188 Å². The number of nitrogens with one attached hydrogen (secondary N) is 1. The average molecular weight is 446 g/mol. The molecule has 0 bridgehead atoms. The Morgan fingerprint density at radius 1 is 0.788 bits per heavy atom. The van der Waals surface area contributed by atoms with Crippen LogP contribution in [0.1, 0.15) is 26.3 Å². The second-order valence-corrected chi connectivity index (χ2v) is 7.08. The van der Waals surface area contributed by atoms with Gasteiger partial charge in [0.2, 0.25) is 6.79 Å². The van der Waals surface area contributed by atoms with Gasteiger partial charge in [0.15, 0.2) is 23.0 Å². The minimum atomic E-state index is -0.513. The highest BCUT2D eigenvalue weighted by Crippen LogP contribution is 2.33. The number of carbonyl (C=O) groups excluding carboxylic acids is 2. The summed E-state index contributed by atoms with van der Waals surface area (Å²) in [5.41, 5.74) is 3.94. The van der Waals surface area contributed by atoms with E-state index in [1.54, 1.807) is 60.7 Å². The summed E-state index contributed by atoms with van der Waals surface area (Å²) in [6.45, 7) is 1.06. The van der Waals surface area contributed by atoms with Gasteiger partial charge in [0.1, 0.15) is 19.0 Å². The molecule has 9 nitrogen and oxygen atoms in total. The molecule has 0 aromatic heterocycles. The SMILES string of the molecule is O=C(N/N=C\c1ccc(OC(=O)c2ccc3c(c2)OCO3)cc1)c1ccc2c(c1)OCCO2. The summed E-state index contributed by atoms with van der Waals surface area (Å²) in [6.07, 6.45) is 1.49. The van der Waals surface area contributed by atoms with E-state index in [-0.39, 0.29) is 12.7 Å². The molecule has 2 aliphatic heterocycles. The molecular formula is C24H18N2O7. The number of ether oxygens (including phenoxy) is 5. The van der Waals surface area contributed by atoms with Gasteiger partial charge in [0, 0.05) is 5.56 Å². The molecule has 166 valence electrons. The van der Waals surface area contributed by atoms with Crippen molar-refractivity contribution in [1.82, 2.24) is 5.43 Å². The standard InChI is InChI=1S/C24H18N2O7/c27-23(16-3-7-19-21(11-16)30-10-9-29-19)26-25-13-15-1-5-18(6-2-15)33-24(28)17-4-8-20-22(12-17)32-14-31-20/h1-8,11-13H,9-10,14H2,(H,26,27)/b25-13-. The predicted octanol–water partition coefficient (Wildman–Crippen LogP) is 3.17. The fourth-order valence-corrected chi connectivity index (χ4v) is 3.23. The van der Waals surface area contributed by atoms with Crippen molar-refractivity contribution in [3.05, 3.63) is 77.4 Å². The molecule has 0 saturated carbocycles. The lowest BCUT2D eigenvalue weighted by Crippen LogP contribution is -2.19. The first-order chi connectivity index (χ1) is 16.2. The molecule has 3 aromatic carbocycles. The molecule has 2 heterocycles. The van der Waals surface area contributed by atoms with E-state index in [2.05, 4.69) is 10.5 Å². The Bertz CT molecular complexity index is 1240. The number of rotatable bonds is 5. The second kappa shape index (κ2) is 8.91. The Balaban J connectivity index is 1.17. The Morgan fingerprint density at radius 3 is 2.24 bits per heavy atom. The molecule has 0 saturated heterocycles. The van der Waals surface area contributed by atoms with Gasteiger partial charge in [-0.3, -0.25) is 4.79 Å². The molecule has 33 heavy (non-hydrogen) atoms. The van der Waals surface area contributed by atoms with Crippen molar-refractivity contribution in [2.24, 2.45) is 5.10 Å². The quantitative estimate of drug-likeness (QED) is 0.278. The van der Waals surface area contributed by atoms with Crippen LogP contribution in [-0.4, -0.2) is 38.1 Å². The van der Waals surface area contributed by atoms with E-state index in [0.29, 0.717) is 58.7 Å². The highest BCUT2D eigenvalue weighted by Gasteiger charge is 2.17. The Hall–Kier alpha value is -4.53. The molecule has 0 fully saturated rings. The summed E-state index contributed by atoms with van der Waals surface area (Å²) < 4.78 is 26.8. The first-order valence-corrected chi connectivity index (χ1v) is 10.1. The van der Waals surface area contributed by atoms with Crippen molar-refractivity contribution >= 4 is 18.1 Å². The first-order valence-electron chi connectivity index (χ1n) is 10.1. The van der Waals surface area contributed by atoms with Crippen LogP contribution >= 0.6 is 0 Å². The number of hydrogen-bond donors (Lipinski definition) is 1. The molecule has 0 atom stereocenters. The second-order valence-electron chi connectivity index (χ2n) is 7.08. The molecule has 5 rings (SSSR count). The summed E-state index contributed by atoms with van der Waals surface area (Å²) in [5, 5.41) is 3.97. The highest BCUT2D eigenvalue weighted by molar-refractivity contribution is 5.95. The van der Waals surface area contributed by atoms with Gasteiger partial charge in [-0.05, 0) is 66.2 Å². The van der Waals surface area contributed by atoms with E-state index in [0.717, 1.165) is 0 Å². The lowest BCUT2D eigenvalue weighted by Gasteiger charge is -2.18. The van der Waals surface area contributed by atoms with E-state index in [1.807, 2.05) is 0 Å². The molecule has 0 spiro atoms. The van der Waals surface area contributed by atoms with Crippen molar-refractivity contribution in [2.75, 3.05) is 20.0 Å². The molecule has 1 N–H and O–H groups in total. The van der Waals surface area contributed by atoms with Crippen molar-refractivity contribution in [3.8, 4) is 28.7 Å². The number of hydrazone groups is 1. The maximum atomic E-state index is 12.4. The van der Waals surface area contributed by atoms with E-state index in [9.17, 15) is 9.59 Å². The van der Waals surface area contributed by atoms with Crippen LogP contribution in [0.25, 0.3) is 0 Å². The number of esters is 1. The number of fused-ring (bicyclic) bond motifs is 2. The number of benzene rings is 3. The van der Waals surface area contributed by atoms with Gasteiger partial charge in [-0.1, -0.05) is 0 Å². The first kappa shape index (κ1) is 20.4. The molecule has 1 amide bonds. The lowest BCUT2D eigenvalue weighted by atomic mass is 10.2. The number of carbonyl (C=O) groups is 2. The molecular weight excluding hydrogens is 428 g/mol. The monoisotopic (exact) mass is 446 g/mol. The molecule has 2 aliphatic rings. The normalized spacial score (nSPS) is 13.6. The maximum absolute atomic E-state index is 12.4. The van der Waals surface area contributed by atoms with Crippen LogP contribution in [0, 0.1) is 0 Å². The van der Waals surface area contributed by atoms with Gasteiger partial charge in [0.25, 0.3) is 5.91 Å². The number of nitrogens with zero attached hydrogens (tertiary/aromatic N) is 1. The lowest BCUT2D eigenvalue weighted by molar-refractivity contribution is 0.0734. The van der Waals surface area contributed by atoms with Gasteiger partial charge in [-0.2, -0.15) is 5.10 Å². The fourth-order valence-electron chi connectivity index (χ4n) is 3.23. The zero-order chi connectivity index (χ0) is 22.6. The van der Waals surface area contributed by atoms with Crippen molar-refractivity contribution in [1.29, 1.82) is 0 Å². The van der Waals surface area contributed by atoms with Crippen LogP contribution in [0.4, 0.5) is 0 Å². The van der Waals surface area contributed by atoms with E-state index < -0.39 is 5.97 Å². The third-order valence-corrected chi connectivity index (χ3v) is 4.88. The van der Waals surface area contributed by atoms with E-state index in [4.69, 9.17) is 23.7 Å². The van der Waals surface area contributed by atoms with Crippen LogP contribution in [0.2, 0.25) is 0 Å². The molecule has 0 unspecified atom stereocenters. The predicted molar refractivity (Wildman–Crippen MR) is 116 cm³/mol. The van der Waals surface area contributed by atoms with Crippen LogP contribution in [0.3, 0.4) is 0 Å². The maximum Gasteiger partial charge on any atom is 0.343 e. The minimum absolute atomic E-state index is 0.133. The van der Waals surface area contributed by atoms with Crippen molar-refractivity contribution in [2.45, 2.75) is 0 Å². The minimum Gasteiger partial charge on any atom is -0.486 e. The Kier molecular flexibility index (Phi) is 5.50. The zero-order valence-corrected chi connectivity index (χ0v) is 17.3. The third-order valence-electron chi connectivity index (χ3n) is 4.88. The van der Waals surface area contributed by atoms with Crippen LogP contribution in [0.5, 0.6) is 28.7 Å². The summed E-state index contributed by atoms with van der Waals surface area (Å²) in [6, 6.07) is 16.5. The summed E-state index contributed by atoms with van der Waals surface area (Å²) >= 11 is 0. The summed E-state index contributed by atoms with van der Waals surface area (Å²) in [4.78, 5) is 24.7. The average Bonchev–Trinajstić information content (AvgIpc) is 3.33.